The number of carbonyl (C=O) groups excluding carboxylic acids is 1. The van der Waals surface area contributed by atoms with Gasteiger partial charge in [-0.3, -0.25) is 9.59 Å². The zero-order valence-corrected chi connectivity index (χ0v) is 23.3. The zero-order valence-electron chi connectivity index (χ0n) is 23.3. The van der Waals surface area contributed by atoms with Crippen LogP contribution in [-0.4, -0.2) is 39.1 Å². The molecule has 0 aromatic carbocycles. The largest absolute Gasteiger partial charge is 0.515 e. The minimum atomic E-state index is -0.852. The van der Waals surface area contributed by atoms with E-state index >= 15 is 0 Å². The summed E-state index contributed by atoms with van der Waals surface area (Å²) in [5.41, 5.74) is 12.1. The molecular formula is C32H32N4O4. The van der Waals surface area contributed by atoms with Gasteiger partial charge in [0.05, 0.1) is 40.5 Å². The minimum Gasteiger partial charge on any atom is -0.515 e. The van der Waals surface area contributed by atoms with E-state index in [2.05, 4.69) is 19.2 Å². The molecule has 5 aliphatic heterocycles. The SMILES string of the molecule is CCC1=C(C)C2=CC3=NC(=C(C)/C3=C/O)C=C3NC(=C4CC(=O)C5=C(C)C(=CC1=N2)N=C45)C(CCC(=O)O)[C@@H]3C. The van der Waals surface area contributed by atoms with Gasteiger partial charge in [0, 0.05) is 52.8 Å². The molecule has 8 bridgehead atoms. The number of rotatable bonds is 4. The molecule has 1 aliphatic carbocycles. The Balaban J connectivity index is 1.62. The highest BCUT2D eigenvalue weighted by atomic mass is 16.4. The van der Waals surface area contributed by atoms with E-state index in [1.54, 1.807) is 0 Å². The lowest BCUT2D eigenvalue weighted by molar-refractivity contribution is -0.137. The minimum absolute atomic E-state index is 0.0222. The number of allylic oxidation sites excluding steroid dienone is 12. The van der Waals surface area contributed by atoms with Crippen LogP contribution in [0, 0.1) is 11.8 Å². The molecule has 0 amide bonds. The van der Waals surface area contributed by atoms with Crippen LogP contribution in [0.2, 0.25) is 0 Å². The van der Waals surface area contributed by atoms with Gasteiger partial charge in [-0.15, -0.1) is 0 Å². The predicted octanol–water partition coefficient (Wildman–Crippen LogP) is 5.72. The normalized spacial score (nSPS) is 26.4. The number of aliphatic imine (C=N–C) groups is 3. The summed E-state index contributed by atoms with van der Waals surface area (Å²) < 4.78 is 0. The van der Waals surface area contributed by atoms with E-state index in [-0.39, 0.29) is 30.5 Å². The van der Waals surface area contributed by atoms with Crippen molar-refractivity contribution in [3.8, 4) is 0 Å². The molecule has 0 spiro atoms. The quantitative estimate of drug-likeness (QED) is 0.397. The molecular weight excluding hydrogens is 504 g/mol. The van der Waals surface area contributed by atoms with E-state index in [1.165, 1.54) is 0 Å². The number of carboxylic acid groups (broad SMARTS) is 1. The van der Waals surface area contributed by atoms with Crippen LogP contribution < -0.4 is 5.32 Å². The zero-order chi connectivity index (χ0) is 28.5. The molecule has 0 aromatic rings. The third-order valence-electron chi connectivity index (χ3n) is 8.88. The Morgan fingerprint density at radius 2 is 1.77 bits per heavy atom. The lowest BCUT2D eigenvalue weighted by atomic mass is 9.86. The number of carbonyl (C=O) groups is 2. The highest BCUT2D eigenvalue weighted by molar-refractivity contribution is 6.38. The number of Topliss-reactive ketones (excluding diaryl/α,β-unsaturated/α-hetero) is 1. The maximum absolute atomic E-state index is 13.3. The monoisotopic (exact) mass is 536 g/mol. The second-order valence-electron chi connectivity index (χ2n) is 11.1. The number of aliphatic hydroxyl groups is 1. The highest BCUT2D eigenvalue weighted by Crippen LogP contribution is 2.45. The number of ketones is 1. The van der Waals surface area contributed by atoms with E-state index in [4.69, 9.17) is 15.0 Å². The molecule has 1 saturated heterocycles. The van der Waals surface area contributed by atoms with Crippen molar-refractivity contribution in [2.75, 3.05) is 0 Å². The molecule has 1 unspecified atom stereocenters. The van der Waals surface area contributed by atoms with Gasteiger partial charge < -0.3 is 15.5 Å². The molecule has 8 heteroatoms. The van der Waals surface area contributed by atoms with Gasteiger partial charge in [-0.25, -0.2) is 15.0 Å². The van der Waals surface area contributed by atoms with Crippen molar-refractivity contribution in [2.45, 2.75) is 60.3 Å². The average molecular weight is 537 g/mol. The van der Waals surface area contributed by atoms with Gasteiger partial charge in [0.25, 0.3) is 0 Å². The fraction of sp³-hybridized carbons (Fsp3) is 0.344. The van der Waals surface area contributed by atoms with Crippen LogP contribution in [0.25, 0.3) is 0 Å². The lowest BCUT2D eigenvalue weighted by Gasteiger charge is -2.16. The predicted molar refractivity (Wildman–Crippen MR) is 155 cm³/mol. The van der Waals surface area contributed by atoms with Gasteiger partial charge >= 0.3 is 5.97 Å². The summed E-state index contributed by atoms with van der Waals surface area (Å²) in [6, 6.07) is 0. The molecule has 6 aliphatic rings. The molecule has 2 atom stereocenters. The molecule has 5 heterocycles. The Hall–Kier alpha value is -4.33. The average Bonchev–Trinajstić information content (AvgIpc) is 3.65. The second kappa shape index (κ2) is 9.40. The van der Waals surface area contributed by atoms with Crippen LogP contribution in [0.15, 0.2) is 107 Å². The van der Waals surface area contributed by atoms with Gasteiger partial charge in [0.2, 0.25) is 0 Å². The standard InChI is InChI=1S/C32H32N4O4/c1-6-18-14(2)23-11-27-21(13-37)16(4)22(34-27)10-24-15(3)19(7-8-29(39)40)31(35-24)20-9-28(38)30-17(5)25(36-32(20)30)12-26(18)33-23/h10-13,15,19,35,37H,6-9H2,1-5H3,(H,39,40)/b21-13-,23-11?,24-10?,25-12?,31-20?/t15-,19?/m0/s1. The van der Waals surface area contributed by atoms with Crippen molar-refractivity contribution in [3.05, 3.63) is 92.0 Å². The molecule has 1 saturated carbocycles. The Morgan fingerprint density at radius 1 is 1.05 bits per heavy atom. The summed E-state index contributed by atoms with van der Waals surface area (Å²) in [5.74, 6) is -0.966. The van der Waals surface area contributed by atoms with Crippen molar-refractivity contribution >= 4 is 28.9 Å². The topological polar surface area (TPSA) is 124 Å². The van der Waals surface area contributed by atoms with Gasteiger partial charge in [-0.1, -0.05) is 13.8 Å². The fourth-order valence-electron chi connectivity index (χ4n) is 6.55. The van der Waals surface area contributed by atoms with Crippen LogP contribution in [0.3, 0.4) is 0 Å². The summed E-state index contributed by atoms with van der Waals surface area (Å²) in [6.45, 7) is 10.1. The first-order chi connectivity index (χ1) is 19.1. The third kappa shape index (κ3) is 3.85. The molecule has 8 nitrogen and oxygen atoms in total. The molecule has 204 valence electrons. The van der Waals surface area contributed by atoms with Crippen LogP contribution in [0.1, 0.15) is 60.3 Å². The lowest BCUT2D eigenvalue weighted by Crippen LogP contribution is -2.14. The summed E-state index contributed by atoms with van der Waals surface area (Å²) in [4.78, 5) is 39.7. The number of carboxylic acids is 1. The fourth-order valence-corrected chi connectivity index (χ4v) is 6.55. The van der Waals surface area contributed by atoms with Crippen molar-refractivity contribution in [1.82, 2.24) is 5.32 Å². The van der Waals surface area contributed by atoms with E-state index in [0.29, 0.717) is 29.0 Å². The van der Waals surface area contributed by atoms with Crippen LogP contribution in [0.4, 0.5) is 0 Å². The Morgan fingerprint density at radius 3 is 2.48 bits per heavy atom. The van der Waals surface area contributed by atoms with Crippen molar-refractivity contribution in [3.63, 3.8) is 0 Å². The van der Waals surface area contributed by atoms with E-state index < -0.39 is 5.97 Å². The molecule has 0 aromatic heterocycles. The van der Waals surface area contributed by atoms with E-state index in [9.17, 15) is 19.8 Å². The highest BCUT2D eigenvalue weighted by Gasteiger charge is 2.43. The van der Waals surface area contributed by atoms with Crippen molar-refractivity contribution < 1.29 is 19.8 Å². The number of nitrogens with zero attached hydrogens (tertiary/aromatic N) is 3. The first kappa shape index (κ1) is 25.9. The molecule has 2 fully saturated rings. The van der Waals surface area contributed by atoms with E-state index in [1.807, 2.05) is 39.0 Å². The summed E-state index contributed by atoms with van der Waals surface area (Å²) >= 11 is 0. The third-order valence-corrected chi connectivity index (χ3v) is 8.88. The summed E-state index contributed by atoms with van der Waals surface area (Å²) in [7, 11) is 0. The maximum atomic E-state index is 13.3. The van der Waals surface area contributed by atoms with Crippen molar-refractivity contribution in [2.24, 2.45) is 26.8 Å². The smallest absolute Gasteiger partial charge is 0.303 e. The first-order valence-corrected chi connectivity index (χ1v) is 13.8. The number of nitrogens with one attached hydrogen (secondary N) is 1. The number of aliphatic carboxylic acids is 1. The van der Waals surface area contributed by atoms with Gasteiger partial charge in [0.15, 0.2) is 5.78 Å². The number of aliphatic hydroxyl groups excluding tert-OH is 1. The first-order valence-electron chi connectivity index (χ1n) is 13.8. The van der Waals surface area contributed by atoms with Gasteiger partial charge in [-0.05, 0) is 74.1 Å². The molecule has 0 radical (unpaired) electrons. The van der Waals surface area contributed by atoms with Crippen LogP contribution >= 0.6 is 0 Å². The van der Waals surface area contributed by atoms with Gasteiger partial charge in [-0.2, -0.15) is 0 Å². The molecule has 40 heavy (non-hydrogen) atoms. The number of hydrogen-bond donors (Lipinski definition) is 3. The maximum Gasteiger partial charge on any atom is 0.303 e. The molecule has 6 rings (SSSR count). The Labute approximate surface area is 233 Å². The number of fused-ring (bicyclic) bond motifs is 5. The Bertz CT molecular complexity index is 1660. The van der Waals surface area contributed by atoms with Crippen LogP contribution in [-0.2, 0) is 9.59 Å². The summed E-state index contributed by atoms with van der Waals surface area (Å²) in [5, 5.41) is 23.2. The second-order valence-corrected chi connectivity index (χ2v) is 11.1. The number of hydrogen-bond acceptors (Lipinski definition) is 7. The Kier molecular flexibility index (Phi) is 6.09. The van der Waals surface area contributed by atoms with Crippen molar-refractivity contribution in [1.29, 1.82) is 0 Å². The molecule has 3 N–H and O–H groups in total. The van der Waals surface area contributed by atoms with E-state index in [0.717, 1.165) is 74.7 Å². The van der Waals surface area contributed by atoms with Crippen LogP contribution in [0.5, 0.6) is 0 Å². The van der Waals surface area contributed by atoms with Gasteiger partial charge in [0.1, 0.15) is 0 Å². The summed E-state index contributed by atoms with van der Waals surface area (Å²) in [6.07, 6.45) is 8.42.